The number of hydrazine groups is 1. The Morgan fingerprint density at radius 1 is 1.03 bits per heavy atom. The second kappa shape index (κ2) is 10.3. The van der Waals surface area contributed by atoms with E-state index in [0.717, 1.165) is 53.9 Å². The van der Waals surface area contributed by atoms with Gasteiger partial charge in [-0.25, -0.2) is 10.4 Å². The molecule has 1 aliphatic rings. The fraction of sp³-hybridized carbons (Fsp3) is 0.250. The fourth-order valence-corrected chi connectivity index (χ4v) is 4.48. The van der Waals surface area contributed by atoms with Crippen LogP contribution >= 0.6 is 0 Å². The number of likely N-dealkylation sites (N-methyl/N-ethyl adjacent to an activating group) is 1. The minimum absolute atomic E-state index is 0.0764. The van der Waals surface area contributed by atoms with Crippen molar-refractivity contribution in [1.82, 2.24) is 25.2 Å². The van der Waals surface area contributed by atoms with Crippen LogP contribution in [0.2, 0.25) is 0 Å². The summed E-state index contributed by atoms with van der Waals surface area (Å²) in [6, 6.07) is 21.7. The third-order valence-corrected chi connectivity index (χ3v) is 6.66. The number of hydrogen-bond acceptors (Lipinski definition) is 7. The zero-order valence-electron chi connectivity index (χ0n) is 20.7. The molecule has 2 aromatic heterocycles. The first-order valence-corrected chi connectivity index (χ1v) is 12.1. The van der Waals surface area contributed by atoms with Gasteiger partial charge in [0.05, 0.1) is 23.4 Å². The molecule has 0 atom stereocenters. The van der Waals surface area contributed by atoms with Gasteiger partial charge in [-0.05, 0) is 55.1 Å². The summed E-state index contributed by atoms with van der Waals surface area (Å²) >= 11 is 0. The van der Waals surface area contributed by atoms with Gasteiger partial charge in [0.2, 0.25) is 0 Å². The largest absolute Gasteiger partial charge is 0.396 e. The predicted molar refractivity (Wildman–Crippen MR) is 144 cm³/mol. The maximum atomic E-state index is 12.9. The highest BCUT2D eigenvalue weighted by Gasteiger charge is 2.20. The lowest BCUT2D eigenvalue weighted by atomic mass is 10.1. The Morgan fingerprint density at radius 3 is 2.56 bits per heavy atom. The maximum Gasteiger partial charge on any atom is 0.253 e. The van der Waals surface area contributed by atoms with E-state index in [-0.39, 0.29) is 5.91 Å². The minimum atomic E-state index is 0.0764. The van der Waals surface area contributed by atoms with E-state index in [0.29, 0.717) is 23.6 Å². The monoisotopic (exact) mass is 481 g/mol. The molecule has 5 rings (SSSR count). The summed E-state index contributed by atoms with van der Waals surface area (Å²) in [5.74, 6) is 0.728. The van der Waals surface area contributed by atoms with Crippen LogP contribution in [0.25, 0.3) is 22.2 Å². The van der Waals surface area contributed by atoms with Crippen molar-refractivity contribution in [3.63, 3.8) is 0 Å². The zero-order valence-corrected chi connectivity index (χ0v) is 20.7. The van der Waals surface area contributed by atoms with E-state index < -0.39 is 0 Å². The molecule has 8 heteroatoms. The Hall–Kier alpha value is -4.01. The average molecular weight is 482 g/mol. The van der Waals surface area contributed by atoms with Crippen molar-refractivity contribution < 1.29 is 4.79 Å². The summed E-state index contributed by atoms with van der Waals surface area (Å²) in [7, 11) is 3.94. The van der Waals surface area contributed by atoms with Crippen molar-refractivity contribution in [3.05, 3.63) is 84.1 Å². The van der Waals surface area contributed by atoms with Crippen LogP contribution in [0.15, 0.2) is 72.9 Å². The third kappa shape index (κ3) is 5.00. The van der Waals surface area contributed by atoms with Crippen LogP contribution in [0.3, 0.4) is 0 Å². The number of rotatable bonds is 6. The van der Waals surface area contributed by atoms with Crippen molar-refractivity contribution in [1.29, 1.82) is 0 Å². The Bertz CT molecular complexity index is 1360. The number of hydrogen-bond donors (Lipinski definition) is 2. The van der Waals surface area contributed by atoms with Gasteiger partial charge in [0.25, 0.3) is 5.91 Å². The predicted octanol–water partition coefficient (Wildman–Crippen LogP) is 3.41. The zero-order chi connectivity index (χ0) is 25.1. The molecule has 3 N–H and O–H groups in total. The first kappa shape index (κ1) is 23.7. The van der Waals surface area contributed by atoms with Gasteiger partial charge >= 0.3 is 0 Å². The van der Waals surface area contributed by atoms with E-state index in [4.69, 9.17) is 10.7 Å². The van der Waals surface area contributed by atoms with Crippen molar-refractivity contribution in [2.45, 2.75) is 6.54 Å². The number of nitrogens with two attached hydrogens (primary N) is 1. The second-order valence-corrected chi connectivity index (χ2v) is 9.12. The number of nitrogen functional groups attached to an aromatic ring is 1. The van der Waals surface area contributed by atoms with Gasteiger partial charge in [0.15, 0.2) is 5.82 Å². The summed E-state index contributed by atoms with van der Waals surface area (Å²) in [4.78, 5) is 26.3. The third-order valence-electron chi connectivity index (χ3n) is 6.66. The Labute approximate surface area is 211 Å². The van der Waals surface area contributed by atoms with Crippen LogP contribution in [0.5, 0.6) is 0 Å². The summed E-state index contributed by atoms with van der Waals surface area (Å²) < 4.78 is 0. The van der Waals surface area contributed by atoms with Gasteiger partial charge in [-0.15, -0.1) is 0 Å². The number of fused-ring (bicyclic) bond motifs is 1. The molecule has 0 unspecified atom stereocenters. The average Bonchev–Trinajstić information content (AvgIpc) is 2.92. The fourth-order valence-electron chi connectivity index (χ4n) is 4.48. The van der Waals surface area contributed by atoms with Gasteiger partial charge in [-0.2, -0.15) is 0 Å². The summed E-state index contributed by atoms with van der Waals surface area (Å²) in [5.41, 5.74) is 14.6. The number of nitrogens with one attached hydrogen (secondary N) is 1. The molecule has 1 amide bonds. The van der Waals surface area contributed by atoms with E-state index in [1.54, 1.807) is 6.20 Å². The minimum Gasteiger partial charge on any atom is -0.396 e. The quantitative estimate of drug-likeness (QED) is 0.408. The van der Waals surface area contributed by atoms with Gasteiger partial charge in [0, 0.05) is 55.9 Å². The molecule has 1 aliphatic heterocycles. The molecule has 1 fully saturated rings. The molecule has 2 aromatic carbocycles. The number of anilines is 2. The topological polar surface area (TPSA) is 90.6 Å². The lowest BCUT2D eigenvalue weighted by Crippen LogP contribution is -2.47. The Morgan fingerprint density at radius 2 is 1.81 bits per heavy atom. The molecule has 184 valence electrons. The molecule has 0 bridgehead atoms. The molecular weight excluding hydrogens is 450 g/mol. The second-order valence-electron chi connectivity index (χ2n) is 9.12. The van der Waals surface area contributed by atoms with E-state index in [2.05, 4.69) is 40.6 Å². The Kier molecular flexibility index (Phi) is 6.79. The number of nitrogens with zero attached hydrogens (tertiary/aromatic N) is 5. The normalized spacial score (nSPS) is 14.2. The number of piperazine rings is 1. The van der Waals surface area contributed by atoms with Crippen LogP contribution in [-0.4, -0.2) is 65.9 Å². The standard InChI is InChI=1S/C28H31N7O/c1-30-35(19-20-5-11-25-23(18-20)4-3-13-31-25)27-24(29)10-12-26(32-27)21-6-8-22(9-7-21)28(36)34-16-14-33(2)15-17-34/h3-13,18,30H,14-17,19,29H2,1-2H3. The van der Waals surface area contributed by atoms with Crippen molar-refractivity contribution in [2.75, 3.05) is 51.0 Å². The van der Waals surface area contributed by atoms with E-state index in [1.807, 2.05) is 65.5 Å². The first-order valence-electron chi connectivity index (χ1n) is 12.1. The van der Waals surface area contributed by atoms with Gasteiger partial charge in [0.1, 0.15) is 0 Å². The van der Waals surface area contributed by atoms with E-state index in [1.165, 1.54) is 0 Å². The maximum absolute atomic E-state index is 12.9. The highest BCUT2D eigenvalue weighted by molar-refractivity contribution is 5.94. The molecule has 0 spiro atoms. The SMILES string of the molecule is CNN(Cc1ccc2ncccc2c1)c1nc(-c2ccc(C(=O)N3CCN(C)CC3)cc2)ccc1N. The number of carbonyl (C=O) groups excluding carboxylic acids is 1. The van der Waals surface area contributed by atoms with E-state index in [9.17, 15) is 4.79 Å². The van der Waals surface area contributed by atoms with Crippen LogP contribution in [0, 0.1) is 0 Å². The van der Waals surface area contributed by atoms with Gasteiger partial charge in [-0.3, -0.25) is 14.8 Å². The van der Waals surface area contributed by atoms with Crippen LogP contribution in [0.4, 0.5) is 11.5 Å². The van der Waals surface area contributed by atoms with Crippen LogP contribution < -0.4 is 16.2 Å². The highest BCUT2D eigenvalue weighted by atomic mass is 16.2. The van der Waals surface area contributed by atoms with Crippen molar-refractivity contribution in [2.24, 2.45) is 0 Å². The number of benzene rings is 2. The molecule has 3 heterocycles. The molecule has 8 nitrogen and oxygen atoms in total. The summed E-state index contributed by atoms with van der Waals surface area (Å²) in [6.45, 7) is 3.90. The first-order chi connectivity index (χ1) is 17.5. The molecule has 1 saturated heterocycles. The summed E-state index contributed by atoms with van der Waals surface area (Å²) in [5, 5.41) is 3.02. The van der Waals surface area contributed by atoms with Gasteiger partial charge in [-0.1, -0.05) is 24.3 Å². The summed E-state index contributed by atoms with van der Waals surface area (Å²) in [6.07, 6.45) is 1.80. The van der Waals surface area contributed by atoms with Crippen LogP contribution in [-0.2, 0) is 6.54 Å². The molecule has 0 aliphatic carbocycles. The number of amides is 1. The smallest absolute Gasteiger partial charge is 0.253 e. The van der Waals surface area contributed by atoms with E-state index >= 15 is 0 Å². The van der Waals surface area contributed by atoms with Crippen molar-refractivity contribution in [3.8, 4) is 11.3 Å². The lowest BCUT2D eigenvalue weighted by Gasteiger charge is -2.32. The molecule has 4 aromatic rings. The Balaban J connectivity index is 1.35. The van der Waals surface area contributed by atoms with Crippen LogP contribution in [0.1, 0.15) is 15.9 Å². The number of carbonyl (C=O) groups is 1. The number of aromatic nitrogens is 2. The van der Waals surface area contributed by atoms with Gasteiger partial charge < -0.3 is 15.5 Å². The van der Waals surface area contributed by atoms with Crippen molar-refractivity contribution >= 4 is 28.3 Å². The molecule has 0 saturated carbocycles. The lowest BCUT2D eigenvalue weighted by molar-refractivity contribution is 0.0664. The number of pyridine rings is 2. The molecule has 0 radical (unpaired) electrons. The molecule has 36 heavy (non-hydrogen) atoms. The highest BCUT2D eigenvalue weighted by Crippen LogP contribution is 2.27. The molecular formula is C28H31N7O.